The van der Waals surface area contributed by atoms with Crippen molar-refractivity contribution < 1.29 is 24.6 Å². The molecule has 1 aliphatic heterocycles. The van der Waals surface area contributed by atoms with E-state index in [0.717, 1.165) is 43.9 Å². The van der Waals surface area contributed by atoms with Gasteiger partial charge in [0, 0.05) is 61.8 Å². The van der Waals surface area contributed by atoms with E-state index >= 15 is 0 Å². The van der Waals surface area contributed by atoms with E-state index in [1.165, 1.54) is 17.2 Å². The number of amides is 1. The summed E-state index contributed by atoms with van der Waals surface area (Å²) < 4.78 is 0. The number of carbonyl (C=O) groups excluding carboxylic acids is 1. The summed E-state index contributed by atoms with van der Waals surface area (Å²) in [5.74, 6) is -1.41. The van der Waals surface area contributed by atoms with Crippen molar-refractivity contribution in [3.05, 3.63) is 94.5 Å². The van der Waals surface area contributed by atoms with E-state index in [9.17, 15) is 19.8 Å². The lowest BCUT2D eigenvalue weighted by molar-refractivity contribution is -0.111. The number of fused-ring (bicyclic) bond motifs is 1. The number of aromatic carboxylic acids is 1. The molecular formula is C32H35N5O5. The number of aromatic amines is 1. The number of aliphatic imine (C=N–C) groups is 1. The van der Waals surface area contributed by atoms with Gasteiger partial charge >= 0.3 is 5.97 Å². The number of carboxylic acids is 1. The number of aromatic hydroxyl groups is 1. The molecule has 1 aromatic heterocycles. The van der Waals surface area contributed by atoms with Gasteiger partial charge in [-0.3, -0.25) is 14.5 Å². The Bertz CT molecular complexity index is 1620. The normalized spacial score (nSPS) is 14.8. The molecule has 4 aromatic rings. The summed E-state index contributed by atoms with van der Waals surface area (Å²) in [6, 6.07) is 19.4. The predicted molar refractivity (Wildman–Crippen MR) is 162 cm³/mol. The second kappa shape index (κ2) is 12.6. The van der Waals surface area contributed by atoms with E-state index in [0.29, 0.717) is 40.0 Å². The van der Waals surface area contributed by atoms with Gasteiger partial charge in [-0.2, -0.15) is 0 Å². The van der Waals surface area contributed by atoms with Gasteiger partial charge in [0.15, 0.2) is 5.88 Å². The van der Waals surface area contributed by atoms with E-state index in [-0.39, 0.29) is 17.4 Å². The van der Waals surface area contributed by atoms with Crippen molar-refractivity contribution in [2.45, 2.75) is 6.92 Å². The minimum atomic E-state index is -1.05. The number of H-pyrrole nitrogens is 1. The molecule has 10 nitrogen and oxygen atoms in total. The van der Waals surface area contributed by atoms with Crippen molar-refractivity contribution in [3.8, 4) is 5.88 Å². The van der Waals surface area contributed by atoms with Gasteiger partial charge in [0.25, 0.3) is 5.91 Å². The first-order valence-corrected chi connectivity index (χ1v) is 13.9. The molecule has 3 aromatic carbocycles. The molecule has 10 heteroatoms. The number of carbonyl (C=O) groups is 2. The first-order valence-electron chi connectivity index (χ1n) is 13.9. The summed E-state index contributed by atoms with van der Waals surface area (Å²) in [5, 5.41) is 22.2. The maximum atomic E-state index is 13.2. The minimum Gasteiger partial charge on any atom is -0.494 e. The molecule has 0 spiro atoms. The van der Waals surface area contributed by atoms with Crippen LogP contribution in [0.5, 0.6) is 5.88 Å². The van der Waals surface area contributed by atoms with Crippen molar-refractivity contribution >= 4 is 34.2 Å². The highest BCUT2D eigenvalue weighted by Gasteiger charge is 2.21. The Morgan fingerprint density at radius 3 is 2.43 bits per heavy atom. The van der Waals surface area contributed by atoms with Gasteiger partial charge in [-0.15, -0.1) is 0 Å². The molecule has 0 radical (unpaired) electrons. The highest BCUT2D eigenvalue weighted by atomic mass is 16.7. The van der Waals surface area contributed by atoms with Crippen LogP contribution < -0.4 is 0 Å². The van der Waals surface area contributed by atoms with Crippen molar-refractivity contribution in [2.75, 3.05) is 53.4 Å². The Balaban J connectivity index is 1.39. The van der Waals surface area contributed by atoms with Crippen LogP contribution in [-0.2, 0) is 4.84 Å². The van der Waals surface area contributed by atoms with Gasteiger partial charge in [0.1, 0.15) is 0 Å². The molecule has 1 amide bonds. The molecule has 42 heavy (non-hydrogen) atoms. The van der Waals surface area contributed by atoms with Gasteiger partial charge in [0.05, 0.1) is 29.1 Å². The Morgan fingerprint density at radius 1 is 1.00 bits per heavy atom. The molecule has 5 rings (SSSR count). The average Bonchev–Trinajstić information content (AvgIpc) is 3.31. The van der Waals surface area contributed by atoms with Crippen LogP contribution in [0.15, 0.2) is 71.7 Å². The molecule has 3 N–H and O–H groups in total. The fourth-order valence-corrected chi connectivity index (χ4v) is 5.11. The lowest BCUT2D eigenvalue weighted by atomic mass is 10.00. The molecule has 0 aliphatic carbocycles. The van der Waals surface area contributed by atoms with Gasteiger partial charge in [-0.05, 0) is 49.9 Å². The zero-order valence-corrected chi connectivity index (χ0v) is 24.0. The first-order chi connectivity index (χ1) is 20.2. The number of likely N-dealkylation sites (N-methyl/N-ethyl adjacent to an activating group) is 1. The standard InChI is InChI=1S/C32H35N5O5/c1-21-19-24(10-12-25(21)31(39)36(3)42-18-17-37-15-13-35(2)14-16-37)33-29(22-7-5-4-6-8-22)28-26-11-9-23(32(40)41)20-27(26)34-30(28)38/h4-12,19-20,34,38H,13-18H2,1-3H3,(H,40,41). The zero-order chi connectivity index (χ0) is 29.8. The minimum absolute atomic E-state index is 0.109. The van der Waals surface area contributed by atoms with Crippen molar-refractivity contribution in [1.29, 1.82) is 0 Å². The molecule has 1 fully saturated rings. The fourth-order valence-electron chi connectivity index (χ4n) is 5.11. The predicted octanol–water partition coefficient (Wildman–Crippen LogP) is 4.30. The van der Waals surface area contributed by atoms with Crippen molar-refractivity contribution in [3.63, 3.8) is 0 Å². The number of carboxylic acid groups (broad SMARTS) is 1. The number of hydrogen-bond acceptors (Lipinski definition) is 7. The van der Waals surface area contributed by atoms with Gasteiger partial charge in [0.2, 0.25) is 0 Å². The Kier molecular flexibility index (Phi) is 8.67. The van der Waals surface area contributed by atoms with E-state index in [2.05, 4.69) is 21.8 Å². The molecule has 0 saturated carbocycles. The molecule has 0 unspecified atom stereocenters. The van der Waals surface area contributed by atoms with E-state index in [1.807, 2.05) is 43.3 Å². The van der Waals surface area contributed by atoms with Crippen LogP contribution in [0, 0.1) is 6.92 Å². The third-order valence-electron chi connectivity index (χ3n) is 7.57. The third-order valence-corrected chi connectivity index (χ3v) is 7.57. The maximum Gasteiger partial charge on any atom is 0.335 e. The molecule has 0 atom stereocenters. The number of nitrogens with zero attached hydrogens (tertiary/aromatic N) is 4. The summed E-state index contributed by atoms with van der Waals surface area (Å²) in [5.41, 5.74) is 4.16. The lowest BCUT2D eigenvalue weighted by Gasteiger charge is -2.32. The molecule has 0 bridgehead atoms. The summed E-state index contributed by atoms with van der Waals surface area (Å²) >= 11 is 0. The van der Waals surface area contributed by atoms with E-state index in [4.69, 9.17) is 9.83 Å². The van der Waals surface area contributed by atoms with Gasteiger partial charge < -0.3 is 20.1 Å². The van der Waals surface area contributed by atoms with Crippen LogP contribution in [0.25, 0.3) is 10.9 Å². The van der Waals surface area contributed by atoms with Crippen molar-refractivity contribution in [2.24, 2.45) is 4.99 Å². The Hall–Kier alpha value is -4.51. The van der Waals surface area contributed by atoms with E-state index in [1.54, 1.807) is 25.2 Å². The fraction of sp³-hybridized carbons (Fsp3) is 0.281. The number of benzene rings is 3. The smallest absolute Gasteiger partial charge is 0.335 e. The first kappa shape index (κ1) is 29.0. The highest BCUT2D eigenvalue weighted by molar-refractivity contribution is 6.22. The summed E-state index contributed by atoms with van der Waals surface area (Å²) in [6.45, 7) is 7.07. The van der Waals surface area contributed by atoms with E-state index < -0.39 is 5.97 Å². The molecule has 2 heterocycles. The van der Waals surface area contributed by atoms with Crippen LogP contribution in [0.3, 0.4) is 0 Å². The number of piperazine rings is 1. The quantitative estimate of drug-likeness (QED) is 0.203. The third kappa shape index (κ3) is 6.36. The highest BCUT2D eigenvalue weighted by Crippen LogP contribution is 2.32. The SMILES string of the molecule is Cc1cc(N=C(c2ccccc2)c2c(O)[nH]c3cc(C(=O)O)ccc23)ccc1C(=O)N(C)OCCN1CCN(C)CC1. The maximum absolute atomic E-state index is 13.2. The number of aromatic nitrogens is 1. The van der Waals surface area contributed by atoms with Crippen LogP contribution in [-0.4, -0.2) is 101 Å². The summed E-state index contributed by atoms with van der Waals surface area (Å²) in [6.07, 6.45) is 0. The summed E-state index contributed by atoms with van der Waals surface area (Å²) in [4.78, 5) is 42.8. The van der Waals surface area contributed by atoms with Crippen LogP contribution >= 0.6 is 0 Å². The lowest BCUT2D eigenvalue weighted by Crippen LogP contribution is -2.46. The monoisotopic (exact) mass is 569 g/mol. The Morgan fingerprint density at radius 2 is 1.74 bits per heavy atom. The number of aryl methyl sites for hydroxylation is 1. The molecule has 1 aliphatic rings. The molecular weight excluding hydrogens is 534 g/mol. The second-order valence-corrected chi connectivity index (χ2v) is 10.5. The number of hydroxylamine groups is 2. The zero-order valence-electron chi connectivity index (χ0n) is 24.0. The molecule has 218 valence electrons. The van der Waals surface area contributed by atoms with Gasteiger partial charge in [-0.25, -0.2) is 14.9 Å². The number of nitrogens with one attached hydrogen (secondary N) is 1. The summed E-state index contributed by atoms with van der Waals surface area (Å²) in [7, 11) is 3.74. The Labute approximate surface area is 244 Å². The largest absolute Gasteiger partial charge is 0.494 e. The average molecular weight is 570 g/mol. The topological polar surface area (TPSA) is 122 Å². The van der Waals surface area contributed by atoms with Crippen molar-refractivity contribution in [1.82, 2.24) is 19.8 Å². The number of hydrogen-bond donors (Lipinski definition) is 3. The van der Waals surface area contributed by atoms with Gasteiger partial charge in [-0.1, -0.05) is 36.4 Å². The second-order valence-electron chi connectivity index (χ2n) is 10.5. The van der Waals surface area contributed by atoms with Crippen LogP contribution in [0.4, 0.5) is 5.69 Å². The number of rotatable bonds is 9. The van der Waals surface area contributed by atoms with Crippen LogP contribution in [0.1, 0.15) is 37.4 Å². The van der Waals surface area contributed by atoms with Crippen LogP contribution in [0.2, 0.25) is 0 Å². The molecule has 1 saturated heterocycles.